The highest BCUT2D eigenvalue weighted by Crippen LogP contribution is 2.43. The third-order valence-electron chi connectivity index (χ3n) is 7.33. The normalized spacial score (nSPS) is 16.7. The van der Waals surface area contributed by atoms with Crippen LogP contribution in [0, 0.1) is 5.92 Å². The Morgan fingerprint density at radius 3 is 2.49 bits per heavy atom. The van der Waals surface area contributed by atoms with Crippen molar-refractivity contribution in [2.24, 2.45) is 5.92 Å². The van der Waals surface area contributed by atoms with E-state index in [1.165, 1.54) is 0 Å². The number of rotatable bonds is 9. The Morgan fingerprint density at radius 2 is 1.79 bits per heavy atom. The molecule has 1 atom stereocenters. The molecule has 5 rings (SSSR count). The van der Waals surface area contributed by atoms with Crippen molar-refractivity contribution in [3.05, 3.63) is 83.2 Å². The van der Waals surface area contributed by atoms with E-state index in [1.54, 1.807) is 38.6 Å². The summed E-state index contributed by atoms with van der Waals surface area (Å²) < 4.78 is 18.2. The van der Waals surface area contributed by atoms with Crippen molar-refractivity contribution in [2.45, 2.75) is 77.9 Å². The zero-order valence-electron chi connectivity index (χ0n) is 25.2. The maximum Gasteiger partial charge on any atom is 0.412 e. The maximum absolute atomic E-state index is 13.0. The lowest BCUT2D eigenvalue weighted by Gasteiger charge is -2.22. The van der Waals surface area contributed by atoms with Crippen LogP contribution in [0.5, 0.6) is 0 Å². The van der Waals surface area contributed by atoms with Crippen LogP contribution in [0.3, 0.4) is 0 Å². The van der Waals surface area contributed by atoms with E-state index in [1.807, 2.05) is 54.6 Å². The molecule has 43 heavy (non-hydrogen) atoms. The zero-order chi connectivity index (χ0) is 30.6. The van der Waals surface area contributed by atoms with Crippen molar-refractivity contribution in [1.82, 2.24) is 9.78 Å². The van der Waals surface area contributed by atoms with Crippen LogP contribution in [-0.4, -0.2) is 40.0 Å². The number of carbonyl (C=O) groups is 3. The number of ether oxygens (including phenoxy) is 3. The van der Waals surface area contributed by atoms with E-state index in [9.17, 15) is 14.4 Å². The predicted octanol–water partition coefficient (Wildman–Crippen LogP) is 7.20. The lowest BCUT2D eigenvalue weighted by molar-refractivity contribution is -0.148. The zero-order valence-corrected chi connectivity index (χ0v) is 25.2. The number of allylic oxidation sites excluding steroid dienone is 1. The van der Waals surface area contributed by atoms with E-state index >= 15 is 0 Å². The summed E-state index contributed by atoms with van der Waals surface area (Å²) in [4.78, 5) is 38.5. The second-order valence-corrected chi connectivity index (χ2v) is 12.0. The molecule has 0 saturated heterocycles. The fourth-order valence-corrected chi connectivity index (χ4v) is 5.28. The standard InChI is InChI=1S/C34H39N3O6/c1-5-41-32(39)29-20-35-37(30(29)23-14-15-23)28-18-26(17-27(19-28)36-33(40)43-34(2,3)4)24-12-9-13-25(16-24)31(38)42-21-22-10-7-6-8-11-22/h6-8,10-11,16-20,23,25H,5,9,12-15,21H2,1-4H3,(H,36,40). The largest absolute Gasteiger partial charge is 0.462 e. The molecular formula is C34H39N3O6. The minimum Gasteiger partial charge on any atom is -0.462 e. The van der Waals surface area contributed by atoms with E-state index < -0.39 is 17.7 Å². The average Bonchev–Trinajstić information content (AvgIpc) is 3.72. The van der Waals surface area contributed by atoms with Crippen LogP contribution >= 0.6 is 0 Å². The molecule has 0 radical (unpaired) electrons. The van der Waals surface area contributed by atoms with Gasteiger partial charge < -0.3 is 14.2 Å². The highest BCUT2D eigenvalue weighted by atomic mass is 16.6. The third-order valence-corrected chi connectivity index (χ3v) is 7.33. The first-order valence-electron chi connectivity index (χ1n) is 14.9. The number of benzene rings is 2. The number of carbonyl (C=O) groups excluding carboxylic acids is 3. The number of esters is 2. The monoisotopic (exact) mass is 585 g/mol. The molecule has 1 fully saturated rings. The van der Waals surface area contributed by atoms with Gasteiger partial charge in [0.1, 0.15) is 17.8 Å². The number of amides is 1. The van der Waals surface area contributed by atoms with Crippen molar-refractivity contribution in [1.29, 1.82) is 0 Å². The van der Waals surface area contributed by atoms with E-state index in [4.69, 9.17) is 14.2 Å². The van der Waals surface area contributed by atoms with Crippen molar-refractivity contribution >= 4 is 29.3 Å². The lowest BCUT2D eigenvalue weighted by atomic mass is 9.87. The van der Waals surface area contributed by atoms with Crippen molar-refractivity contribution in [2.75, 3.05) is 11.9 Å². The SMILES string of the molecule is CCOC(=O)c1cnn(-c2cc(NC(=O)OC(C)(C)C)cc(C3=CC(C(=O)OCc4ccccc4)CCC3)c2)c1C1CC1. The van der Waals surface area contributed by atoms with Crippen LogP contribution in [0.25, 0.3) is 11.3 Å². The van der Waals surface area contributed by atoms with Crippen molar-refractivity contribution in [3.63, 3.8) is 0 Å². The van der Waals surface area contributed by atoms with E-state index in [0.717, 1.165) is 48.1 Å². The third kappa shape index (κ3) is 7.71. The van der Waals surface area contributed by atoms with Crippen LogP contribution < -0.4 is 5.32 Å². The van der Waals surface area contributed by atoms with Crippen LogP contribution in [0.1, 0.15) is 92.9 Å². The minimum atomic E-state index is -0.667. The first-order valence-corrected chi connectivity index (χ1v) is 14.9. The number of hydrogen-bond acceptors (Lipinski definition) is 7. The molecule has 2 aliphatic rings. The van der Waals surface area contributed by atoms with E-state index in [0.29, 0.717) is 23.4 Å². The molecule has 3 aromatic rings. The molecule has 0 aliphatic heterocycles. The van der Waals surface area contributed by atoms with Gasteiger partial charge >= 0.3 is 18.0 Å². The summed E-state index contributed by atoms with van der Waals surface area (Å²) >= 11 is 0. The summed E-state index contributed by atoms with van der Waals surface area (Å²) in [6.45, 7) is 7.70. The number of hydrogen-bond donors (Lipinski definition) is 1. The van der Waals surface area contributed by atoms with Crippen LogP contribution in [0.4, 0.5) is 10.5 Å². The Morgan fingerprint density at radius 1 is 1.02 bits per heavy atom. The van der Waals surface area contributed by atoms with Gasteiger partial charge in [0.25, 0.3) is 0 Å². The van der Waals surface area contributed by atoms with Gasteiger partial charge in [-0.3, -0.25) is 10.1 Å². The van der Waals surface area contributed by atoms with Gasteiger partial charge in [0.05, 0.1) is 30.1 Å². The number of aromatic nitrogens is 2. The van der Waals surface area contributed by atoms with Crippen LogP contribution in [-0.2, 0) is 25.6 Å². The van der Waals surface area contributed by atoms with Gasteiger partial charge in [-0.15, -0.1) is 0 Å². The van der Waals surface area contributed by atoms with Gasteiger partial charge in [-0.1, -0.05) is 36.4 Å². The Balaban J connectivity index is 1.48. The molecule has 0 bridgehead atoms. The summed E-state index contributed by atoms with van der Waals surface area (Å²) in [5.74, 6) is -0.830. The highest BCUT2D eigenvalue weighted by Gasteiger charge is 2.34. The van der Waals surface area contributed by atoms with Crippen LogP contribution in [0.2, 0.25) is 0 Å². The Hall–Kier alpha value is -4.40. The summed E-state index contributed by atoms with van der Waals surface area (Å²) in [5.41, 5.74) is 4.57. The molecule has 1 saturated carbocycles. The smallest absolute Gasteiger partial charge is 0.412 e. The topological polar surface area (TPSA) is 109 Å². The summed E-state index contributed by atoms with van der Waals surface area (Å²) in [6, 6.07) is 15.3. The van der Waals surface area contributed by atoms with Gasteiger partial charge in [0, 0.05) is 11.6 Å². The number of anilines is 1. The van der Waals surface area contributed by atoms with Gasteiger partial charge in [-0.05, 0) is 94.7 Å². The number of nitrogens with one attached hydrogen (secondary N) is 1. The lowest BCUT2D eigenvalue weighted by Crippen LogP contribution is -2.27. The Labute approximate surface area is 252 Å². The quantitative estimate of drug-likeness (QED) is 0.209. The highest BCUT2D eigenvalue weighted by molar-refractivity contribution is 5.91. The molecule has 0 spiro atoms. The summed E-state index contributed by atoms with van der Waals surface area (Å²) in [5, 5.41) is 7.45. The molecule has 226 valence electrons. The average molecular weight is 586 g/mol. The van der Waals surface area contributed by atoms with Crippen LogP contribution in [0.15, 0.2) is 60.8 Å². The van der Waals surface area contributed by atoms with E-state index in [2.05, 4.69) is 10.4 Å². The molecule has 2 aromatic carbocycles. The molecule has 1 N–H and O–H groups in total. The van der Waals surface area contributed by atoms with Gasteiger partial charge in [-0.2, -0.15) is 5.10 Å². The fourth-order valence-electron chi connectivity index (χ4n) is 5.28. The molecule has 1 aromatic heterocycles. The van der Waals surface area contributed by atoms with Gasteiger partial charge in [-0.25, -0.2) is 14.3 Å². The number of nitrogens with zero attached hydrogens (tertiary/aromatic N) is 2. The Kier molecular flexibility index (Phi) is 8.99. The van der Waals surface area contributed by atoms with Crippen molar-refractivity contribution in [3.8, 4) is 5.69 Å². The first-order chi connectivity index (χ1) is 20.6. The summed E-state index contributed by atoms with van der Waals surface area (Å²) in [7, 11) is 0. The first kappa shape index (κ1) is 30.1. The molecule has 1 unspecified atom stereocenters. The molecule has 9 heteroatoms. The maximum atomic E-state index is 13.0. The molecule has 1 heterocycles. The second kappa shape index (κ2) is 12.9. The van der Waals surface area contributed by atoms with E-state index in [-0.39, 0.29) is 31.0 Å². The predicted molar refractivity (Wildman–Crippen MR) is 163 cm³/mol. The van der Waals surface area contributed by atoms with Crippen molar-refractivity contribution < 1.29 is 28.6 Å². The van der Waals surface area contributed by atoms with Gasteiger partial charge in [0.2, 0.25) is 0 Å². The fraction of sp³-hybridized carbons (Fsp3) is 0.412. The molecule has 1 amide bonds. The van der Waals surface area contributed by atoms with Gasteiger partial charge in [0.15, 0.2) is 0 Å². The summed E-state index contributed by atoms with van der Waals surface area (Å²) in [6.07, 6.45) is 7.15. The minimum absolute atomic E-state index is 0.200. The molecule has 2 aliphatic carbocycles. The second-order valence-electron chi connectivity index (χ2n) is 12.0. The molecular weight excluding hydrogens is 546 g/mol. The molecule has 9 nitrogen and oxygen atoms in total. The Bertz CT molecular complexity index is 1510.